The van der Waals surface area contributed by atoms with Gasteiger partial charge in [0.05, 0.1) is 6.42 Å². The first-order chi connectivity index (χ1) is 27.3. The third-order valence-electron chi connectivity index (χ3n) is 11.1. The zero-order valence-corrected chi connectivity index (χ0v) is 34.4. The maximum Gasteiger partial charge on any atom is 0.326 e. The molecule has 0 aromatic heterocycles. The minimum Gasteiger partial charge on any atom is -0.480 e. The number of benzene rings is 1. The van der Waals surface area contributed by atoms with E-state index in [1.54, 1.807) is 0 Å². The number of hydrogen-bond donors (Lipinski definition) is 7. The van der Waals surface area contributed by atoms with Crippen molar-refractivity contribution in [2.45, 2.75) is 179 Å². The van der Waals surface area contributed by atoms with Crippen LogP contribution in [0.4, 0.5) is 0 Å². The van der Waals surface area contributed by atoms with E-state index in [0.29, 0.717) is 32.1 Å². The second-order valence-corrected chi connectivity index (χ2v) is 15.8. The van der Waals surface area contributed by atoms with Crippen LogP contribution in [0.25, 0.3) is 0 Å². The molecule has 6 amide bonds. The second kappa shape index (κ2) is 28.0. The van der Waals surface area contributed by atoms with E-state index in [2.05, 4.69) is 21.3 Å². The van der Waals surface area contributed by atoms with Crippen molar-refractivity contribution in [3.63, 3.8) is 0 Å². The lowest BCUT2D eigenvalue weighted by atomic mass is 9.83. The minimum atomic E-state index is -1.21. The van der Waals surface area contributed by atoms with Gasteiger partial charge in [-0.05, 0) is 43.1 Å². The molecule has 9 N–H and O–H groups in total. The van der Waals surface area contributed by atoms with Crippen LogP contribution in [-0.2, 0) is 40.0 Å². The van der Waals surface area contributed by atoms with Gasteiger partial charge in [0.15, 0.2) is 0 Å². The lowest BCUT2D eigenvalue weighted by molar-refractivity contribution is -0.144. The maximum atomic E-state index is 13.2. The normalized spacial score (nSPS) is 15.6. The predicted octanol–water partition coefficient (Wildman–Crippen LogP) is 4.70. The standard InChI is InChI=1S/C43H70N6O8/c1-3-30(2)38(42(55)47-33(40(45)53)28-31-22-16-14-17-23-31)48-37(52)27-21-13-11-9-7-5-4-6-8-10-12-20-26-36(51)46-34(29-35(44)50)41(54)49-39(43(56)57)32-24-18-15-19-25-32/h14,16-17,22-23,30,32-34,38-39H,3-13,15,18-21,24-29H2,1-2H3,(H2,44,50)(H2,45,53)(H,46,51)(H,47,55)(H,48,52)(H,49,54)(H,56,57)/t30-,33-,34-,38-,39-/m0/s1. The average Bonchev–Trinajstić information content (AvgIpc) is 3.18. The van der Waals surface area contributed by atoms with E-state index < -0.39 is 60.2 Å². The molecule has 1 aromatic rings. The summed E-state index contributed by atoms with van der Waals surface area (Å²) in [5, 5.41) is 20.5. The fourth-order valence-corrected chi connectivity index (χ4v) is 7.40. The SMILES string of the molecule is CC[C@H](C)[C@H](NC(=O)CCCCCCCCCCCCCCC(=O)N[C@@H](CC(N)=O)C(=O)N[C@H](C(=O)O)C1CCCCC1)C(=O)N[C@@H](Cc1ccccc1)C(N)=O. The number of carboxylic acids is 1. The highest BCUT2D eigenvalue weighted by atomic mass is 16.4. The molecule has 1 aliphatic carbocycles. The summed E-state index contributed by atoms with van der Waals surface area (Å²) in [5.74, 6) is -4.45. The van der Waals surface area contributed by atoms with Crippen LogP contribution in [-0.4, -0.2) is 70.7 Å². The molecular formula is C43H70N6O8. The molecule has 1 fully saturated rings. The first-order valence-corrected chi connectivity index (χ1v) is 21.4. The molecule has 0 saturated heterocycles. The first-order valence-electron chi connectivity index (χ1n) is 21.4. The molecule has 2 rings (SSSR count). The Labute approximate surface area is 339 Å². The van der Waals surface area contributed by atoms with E-state index in [1.165, 1.54) is 0 Å². The smallest absolute Gasteiger partial charge is 0.326 e. The van der Waals surface area contributed by atoms with Gasteiger partial charge in [-0.3, -0.25) is 28.8 Å². The number of carbonyl (C=O) groups is 7. The summed E-state index contributed by atoms with van der Waals surface area (Å²) in [7, 11) is 0. The number of aliphatic carboxylic acids is 1. The van der Waals surface area contributed by atoms with Crippen LogP contribution in [0.3, 0.4) is 0 Å². The lowest BCUT2D eigenvalue weighted by Crippen LogP contribution is -2.55. The van der Waals surface area contributed by atoms with Crippen LogP contribution in [0.1, 0.15) is 154 Å². The number of carboxylic acid groups (broad SMARTS) is 1. The number of rotatable bonds is 30. The number of unbranched alkanes of at least 4 members (excludes halogenated alkanes) is 11. The Morgan fingerprint density at radius 1 is 0.667 bits per heavy atom. The van der Waals surface area contributed by atoms with Crippen molar-refractivity contribution >= 4 is 41.4 Å². The summed E-state index contributed by atoms with van der Waals surface area (Å²) in [5.41, 5.74) is 11.8. The Bertz CT molecular complexity index is 1400. The van der Waals surface area contributed by atoms with Crippen LogP contribution in [0.15, 0.2) is 30.3 Å². The van der Waals surface area contributed by atoms with Gasteiger partial charge in [0.2, 0.25) is 35.4 Å². The van der Waals surface area contributed by atoms with E-state index in [4.69, 9.17) is 11.5 Å². The van der Waals surface area contributed by atoms with E-state index in [9.17, 15) is 38.7 Å². The third kappa shape index (κ3) is 20.5. The highest BCUT2D eigenvalue weighted by Crippen LogP contribution is 2.27. The van der Waals surface area contributed by atoms with Crippen molar-refractivity contribution in [3.8, 4) is 0 Å². The van der Waals surface area contributed by atoms with Crippen LogP contribution in [0.5, 0.6) is 0 Å². The number of carbonyl (C=O) groups excluding carboxylic acids is 6. The summed E-state index contributed by atoms with van der Waals surface area (Å²) < 4.78 is 0. The minimum absolute atomic E-state index is 0.117. The van der Waals surface area contributed by atoms with E-state index >= 15 is 0 Å². The quantitative estimate of drug-likeness (QED) is 0.0537. The summed E-state index contributed by atoms with van der Waals surface area (Å²) in [6.45, 7) is 3.85. The Morgan fingerprint density at radius 3 is 1.65 bits per heavy atom. The van der Waals surface area contributed by atoms with Gasteiger partial charge in [0, 0.05) is 19.3 Å². The molecule has 1 aromatic carbocycles. The first kappa shape index (κ1) is 48.7. The Hall–Kier alpha value is -4.49. The number of hydrogen-bond acceptors (Lipinski definition) is 7. The van der Waals surface area contributed by atoms with Crippen LogP contribution >= 0.6 is 0 Å². The highest BCUT2D eigenvalue weighted by Gasteiger charge is 2.34. The van der Waals surface area contributed by atoms with Gasteiger partial charge < -0.3 is 37.8 Å². The summed E-state index contributed by atoms with van der Waals surface area (Å²) in [6.07, 6.45) is 17.2. The number of nitrogens with one attached hydrogen (secondary N) is 4. The molecule has 5 atom stereocenters. The Morgan fingerprint density at radius 2 is 1.18 bits per heavy atom. The molecule has 0 bridgehead atoms. The topological polar surface area (TPSA) is 240 Å². The van der Waals surface area contributed by atoms with Crippen LogP contribution < -0.4 is 32.7 Å². The summed E-state index contributed by atoms with van der Waals surface area (Å²) in [4.78, 5) is 87.0. The Kier molecular flexibility index (Phi) is 23.9. The molecule has 1 saturated carbocycles. The zero-order valence-electron chi connectivity index (χ0n) is 34.4. The average molecular weight is 799 g/mol. The van der Waals surface area contributed by atoms with E-state index in [1.807, 2.05) is 44.2 Å². The fourth-order valence-electron chi connectivity index (χ4n) is 7.40. The van der Waals surface area contributed by atoms with Gasteiger partial charge in [-0.15, -0.1) is 0 Å². The molecule has 0 spiro atoms. The second-order valence-electron chi connectivity index (χ2n) is 15.8. The molecule has 14 nitrogen and oxygen atoms in total. The van der Waals surface area contributed by atoms with Crippen molar-refractivity contribution in [3.05, 3.63) is 35.9 Å². The molecule has 57 heavy (non-hydrogen) atoms. The molecule has 0 unspecified atom stereocenters. The number of amides is 6. The summed E-state index contributed by atoms with van der Waals surface area (Å²) >= 11 is 0. The van der Waals surface area contributed by atoms with E-state index in [0.717, 1.165) is 95.5 Å². The molecule has 14 heteroatoms. The van der Waals surface area contributed by atoms with E-state index in [-0.39, 0.29) is 36.5 Å². The van der Waals surface area contributed by atoms with Crippen molar-refractivity contribution < 1.29 is 38.7 Å². The number of nitrogens with two attached hydrogens (primary N) is 2. The predicted molar refractivity (Wildman–Crippen MR) is 219 cm³/mol. The molecule has 1 aliphatic rings. The van der Waals surface area contributed by atoms with Gasteiger partial charge in [0.25, 0.3) is 0 Å². The molecule has 0 radical (unpaired) electrons. The molecular weight excluding hydrogens is 729 g/mol. The van der Waals surface area contributed by atoms with Gasteiger partial charge in [-0.2, -0.15) is 0 Å². The van der Waals surface area contributed by atoms with Crippen LogP contribution in [0, 0.1) is 11.8 Å². The Balaban J connectivity index is 1.55. The van der Waals surface area contributed by atoms with Crippen LogP contribution in [0.2, 0.25) is 0 Å². The van der Waals surface area contributed by atoms with Crippen molar-refractivity contribution in [2.24, 2.45) is 23.3 Å². The van der Waals surface area contributed by atoms with Gasteiger partial charge in [-0.1, -0.05) is 134 Å². The van der Waals surface area contributed by atoms with Crippen molar-refractivity contribution in [1.82, 2.24) is 21.3 Å². The third-order valence-corrected chi connectivity index (χ3v) is 11.1. The maximum absolute atomic E-state index is 13.2. The molecule has 0 heterocycles. The largest absolute Gasteiger partial charge is 0.480 e. The monoisotopic (exact) mass is 799 g/mol. The van der Waals surface area contributed by atoms with Crippen molar-refractivity contribution in [1.29, 1.82) is 0 Å². The van der Waals surface area contributed by atoms with Crippen molar-refractivity contribution in [2.75, 3.05) is 0 Å². The zero-order chi connectivity index (χ0) is 42.0. The lowest BCUT2D eigenvalue weighted by Gasteiger charge is -2.29. The highest BCUT2D eigenvalue weighted by molar-refractivity contribution is 5.94. The molecule has 0 aliphatic heterocycles. The number of primary amides is 2. The fraction of sp³-hybridized carbons (Fsp3) is 0.698. The van der Waals surface area contributed by atoms with Gasteiger partial charge >= 0.3 is 5.97 Å². The molecule has 320 valence electrons. The van der Waals surface area contributed by atoms with Gasteiger partial charge in [-0.25, -0.2) is 4.79 Å². The van der Waals surface area contributed by atoms with Gasteiger partial charge in [0.1, 0.15) is 24.2 Å². The summed E-state index contributed by atoms with van der Waals surface area (Å²) in [6, 6.07) is 5.43.